The van der Waals surface area contributed by atoms with Gasteiger partial charge in [-0.3, -0.25) is 4.79 Å². The summed E-state index contributed by atoms with van der Waals surface area (Å²) in [4.78, 5) is 12.2. The van der Waals surface area contributed by atoms with Crippen LogP contribution in [0.1, 0.15) is 0 Å². The minimum Gasteiger partial charge on any atom is -0.497 e. The third kappa shape index (κ3) is 4.41. The highest BCUT2D eigenvalue weighted by Crippen LogP contribution is 2.24. The van der Waals surface area contributed by atoms with Crippen molar-refractivity contribution < 1.29 is 9.53 Å². The number of carbonyl (C=O) groups is 1. The van der Waals surface area contributed by atoms with Crippen molar-refractivity contribution in [3.8, 4) is 11.8 Å². The van der Waals surface area contributed by atoms with Crippen molar-refractivity contribution in [1.82, 2.24) is 0 Å². The Bertz CT molecular complexity index is 828. The topological polar surface area (TPSA) is 100 Å². The first-order valence-corrected chi connectivity index (χ1v) is 7.28. The Labute approximate surface area is 144 Å². The van der Waals surface area contributed by atoms with Crippen molar-refractivity contribution >= 4 is 34.6 Å². The van der Waals surface area contributed by atoms with Gasteiger partial charge in [0.25, 0.3) is 5.91 Å². The van der Waals surface area contributed by atoms with Gasteiger partial charge in [-0.2, -0.15) is 5.26 Å². The van der Waals surface area contributed by atoms with Crippen LogP contribution >= 0.6 is 11.6 Å². The molecule has 24 heavy (non-hydrogen) atoms. The van der Waals surface area contributed by atoms with E-state index in [1.54, 1.807) is 43.5 Å². The monoisotopic (exact) mass is 342 g/mol. The lowest BCUT2D eigenvalue weighted by molar-refractivity contribution is -0.112. The van der Waals surface area contributed by atoms with Gasteiger partial charge in [0, 0.05) is 23.6 Å². The third-order valence-corrected chi connectivity index (χ3v) is 3.37. The summed E-state index contributed by atoms with van der Waals surface area (Å²) in [5.41, 5.74) is 7.03. The van der Waals surface area contributed by atoms with Crippen LogP contribution < -0.4 is 21.1 Å². The van der Waals surface area contributed by atoms with Crippen molar-refractivity contribution in [2.75, 3.05) is 23.5 Å². The molecule has 0 aromatic heterocycles. The highest BCUT2D eigenvalue weighted by Gasteiger charge is 2.11. The zero-order valence-corrected chi connectivity index (χ0v) is 13.6. The van der Waals surface area contributed by atoms with E-state index in [0.717, 1.165) is 0 Å². The van der Waals surface area contributed by atoms with Gasteiger partial charge in [0.15, 0.2) is 0 Å². The van der Waals surface area contributed by atoms with Crippen LogP contribution in [-0.2, 0) is 4.79 Å². The second-order valence-corrected chi connectivity index (χ2v) is 5.15. The van der Waals surface area contributed by atoms with Crippen LogP contribution in [0.4, 0.5) is 17.1 Å². The maximum absolute atomic E-state index is 12.2. The second kappa shape index (κ2) is 7.90. The number of benzene rings is 2. The second-order valence-electron chi connectivity index (χ2n) is 4.74. The van der Waals surface area contributed by atoms with E-state index in [1.165, 1.54) is 12.3 Å². The van der Waals surface area contributed by atoms with Crippen molar-refractivity contribution in [1.29, 1.82) is 5.26 Å². The van der Waals surface area contributed by atoms with Crippen molar-refractivity contribution in [2.24, 2.45) is 0 Å². The molecular formula is C17H15ClN4O2. The van der Waals surface area contributed by atoms with Gasteiger partial charge < -0.3 is 21.1 Å². The maximum Gasteiger partial charge on any atom is 0.267 e. The molecule has 2 aromatic rings. The largest absolute Gasteiger partial charge is 0.497 e. The molecule has 0 spiro atoms. The zero-order valence-electron chi connectivity index (χ0n) is 12.8. The van der Waals surface area contributed by atoms with Gasteiger partial charge in [0.2, 0.25) is 0 Å². The molecule has 6 nitrogen and oxygen atoms in total. The molecule has 0 aliphatic rings. The van der Waals surface area contributed by atoms with E-state index in [0.29, 0.717) is 27.8 Å². The predicted molar refractivity (Wildman–Crippen MR) is 94.8 cm³/mol. The number of nitrogens with one attached hydrogen (secondary N) is 2. The highest BCUT2D eigenvalue weighted by molar-refractivity contribution is 6.34. The lowest BCUT2D eigenvalue weighted by Crippen LogP contribution is -2.15. The molecule has 1 amide bonds. The van der Waals surface area contributed by atoms with Crippen LogP contribution in [0.15, 0.2) is 54.2 Å². The molecule has 0 unspecified atom stereocenters. The number of nitrogens with zero attached hydrogens (tertiary/aromatic N) is 1. The van der Waals surface area contributed by atoms with E-state index in [-0.39, 0.29) is 5.57 Å². The number of nitrogens with two attached hydrogens (primary N) is 1. The van der Waals surface area contributed by atoms with E-state index in [1.807, 2.05) is 6.07 Å². The number of rotatable bonds is 5. The molecular weight excluding hydrogens is 328 g/mol. The summed E-state index contributed by atoms with van der Waals surface area (Å²) in [6.45, 7) is 0. The Kier molecular flexibility index (Phi) is 5.66. The number of anilines is 3. The molecule has 0 fully saturated rings. The average Bonchev–Trinajstić information content (AvgIpc) is 2.58. The molecule has 0 saturated heterocycles. The fourth-order valence-corrected chi connectivity index (χ4v) is 2.08. The highest BCUT2D eigenvalue weighted by atomic mass is 35.5. The molecule has 4 N–H and O–H groups in total. The third-order valence-electron chi connectivity index (χ3n) is 3.06. The van der Waals surface area contributed by atoms with Gasteiger partial charge in [-0.05, 0) is 30.3 Å². The van der Waals surface area contributed by atoms with E-state index < -0.39 is 5.91 Å². The number of amides is 1. The minimum atomic E-state index is -0.584. The number of ether oxygens (including phenoxy) is 1. The van der Waals surface area contributed by atoms with Crippen LogP contribution in [0, 0.1) is 11.3 Å². The number of hydrogen-bond donors (Lipinski definition) is 3. The Morgan fingerprint density at radius 3 is 2.79 bits per heavy atom. The Morgan fingerprint density at radius 2 is 2.12 bits per heavy atom. The van der Waals surface area contributed by atoms with Crippen molar-refractivity contribution in [3.63, 3.8) is 0 Å². The quantitative estimate of drug-likeness (QED) is 0.439. The summed E-state index contributed by atoms with van der Waals surface area (Å²) in [6, 6.07) is 13.6. The van der Waals surface area contributed by atoms with Crippen LogP contribution in [0.25, 0.3) is 0 Å². The van der Waals surface area contributed by atoms with E-state index in [4.69, 9.17) is 27.3 Å². The Morgan fingerprint density at radius 1 is 1.33 bits per heavy atom. The summed E-state index contributed by atoms with van der Waals surface area (Å²) in [5, 5.41) is 14.9. The number of hydrogen-bond acceptors (Lipinski definition) is 5. The molecule has 0 atom stereocenters. The predicted octanol–water partition coefficient (Wildman–Crippen LogP) is 3.39. The fraction of sp³-hybridized carbons (Fsp3) is 0.0588. The first kappa shape index (κ1) is 17.2. The van der Waals surface area contributed by atoms with E-state index in [9.17, 15) is 4.79 Å². The average molecular weight is 343 g/mol. The van der Waals surface area contributed by atoms with Crippen LogP contribution in [0.3, 0.4) is 0 Å². The standard InChI is InChI=1S/C17H15ClN4O2/c1-24-14-4-2-3-13(8-14)21-10-11(9-19)17(23)22-16-6-5-12(20)7-15(16)18/h2-8,10,21H,20H2,1H3,(H,22,23)/b11-10-. The smallest absolute Gasteiger partial charge is 0.267 e. The molecule has 0 aliphatic heterocycles. The van der Waals surface area contributed by atoms with E-state index >= 15 is 0 Å². The first-order chi connectivity index (χ1) is 11.5. The number of nitrogen functional groups attached to an aromatic ring is 1. The van der Waals surface area contributed by atoms with Crippen molar-refractivity contribution in [3.05, 3.63) is 59.3 Å². The number of nitriles is 1. The molecule has 2 rings (SSSR count). The zero-order chi connectivity index (χ0) is 17.5. The van der Waals surface area contributed by atoms with Gasteiger partial charge in [-0.1, -0.05) is 17.7 Å². The van der Waals surface area contributed by atoms with Gasteiger partial charge in [-0.15, -0.1) is 0 Å². The molecule has 0 radical (unpaired) electrons. The summed E-state index contributed by atoms with van der Waals surface area (Å²) >= 11 is 6.00. The summed E-state index contributed by atoms with van der Waals surface area (Å²) in [7, 11) is 1.56. The fourth-order valence-electron chi connectivity index (χ4n) is 1.84. The molecule has 0 aliphatic carbocycles. The summed E-state index contributed by atoms with van der Waals surface area (Å²) in [6.07, 6.45) is 1.31. The maximum atomic E-state index is 12.2. The molecule has 0 heterocycles. The first-order valence-electron chi connectivity index (χ1n) is 6.90. The molecule has 7 heteroatoms. The number of methoxy groups -OCH3 is 1. The minimum absolute atomic E-state index is 0.106. The molecule has 122 valence electrons. The molecule has 0 bridgehead atoms. The Balaban J connectivity index is 2.12. The summed E-state index contributed by atoms with van der Waals surface area (Å²) in [5.74, 6) is 0.0737. The van der Waals surface area contributed by atoms with Crippen LogP contribution in [-0.4, -0.2) is 13.0 Å². The number of halogens is 1. The lowest BCUT2D eigenvalue weighted by atomic mass is 10.2. The molecule has 0 saturated carbocycles. The van der Waals surface area contributed by atoms with Crippen LogP contribution in [0.2, 0.25) is 5.02 Å². The van der Waals surface area contributed by atoms with Gasteiger partial charge in [0.05, 0.1) is 17.8 Å². The van der Waals surface area contributed by atoms with Crippen LogP contribution in [0.5, 0.6) is 5.75 Å². The Hall–Kier alpha value is -3.17. The van der Waals surface area contributed by atoms with Crippen molar-refractivity contribution in [2.45, 2.75) is 0 Å². The van der Waals surface area contributed by atoms with E-state index in [2.05, 4.69) is 10.6 Å². The SMILES string of the molecule is COc1cccc(N/C=C(/C#N)C(=O)Nc2ccc(N)cc2Cl)c1. The molecule has 2 aromatic carbocycles. The van der Waals surface area contributed by atoms with Gasteiger partial charge >= 0.3 is 0 Å². The summed E-state index contributed by atoms with van der Waals surface area (Å²) < 4.78 is 5.11. The van der Waals surface area contributed by atoms with Gasteiger partial charge in [-0.25, -0.2) is 0 Å². The normalized spacial score (nSPS) is 10.6. The lowest BCUT2D eigenvalue weighted by Gasteiger charge is -2.08. The number of carbonyl (C=O) groups excluding carboxylic acids is 1. The van der Waals surface area contributed by atoms with Gasteiger partial charge in [0.1, 0.15) is 17.4 Å².